The number of nitrogens with zero attached hydrogens (tertiary/aromatic N) is 1. The first-order valence-corrected chi connectivity index (χ1v) is 9.61. The van der Waals surface area contributed by atoms with Crippen molar-refractivity contribution in [2.75, 3.05) is 0 Å². The van der Waals surface area contributed by atoms with Gasteiger partial charge in [-0.1, -0.05) is 49.4 Å². The summed E-state index contributed by atoms with van der Waals surface area (Å²) in [5.41, 5.74) is 3.92. The van der Waals surface area contributed by atoms with E-state index >= 15 is 0 Å². The first-order chi connectivity index (χ1) is 12.2. The molecule has 0 radical (unpaired) electrons. The highest BCUT2D eigenvalue weighted by Crippen LogP contribution is 2.23. The Morgan fingerprint density at radius 1 is 1.20 bits per heavy atom. The molecular weight excluding hydrogens is 330 g/mol. The molecular formula is C20H23N3OS. The zero-order chi connectivity index (χ0) is 17.6. The Kier molecular flexibility index (Phi) is 5.76. The lowest BCUT2D eigenvalue weighted by atomic mass is 10.1. The number of imidazole rings is 1. The standard InChI is InChI=1S/C20H23N3OS/c1-3-6-14(2)21-19(24)16-11-9-15(10-12-16)13-25-20-22-17-7-4-5-8-18(17)23-20/h4-5,7-12,14H,3,6,13H2,1-2H3,(H,21,24)(H,22,23). The summed E-state index contributed by atoms with van der Waals surface area (Å²) in [4.78, 5) is 20.1. The van der Waals surface area contributed by atoms with Gasteiger partial charge in [-0.3, -0.25) is 4.79 Å². The minimum absolute atomic E-state index is 0.00237. The maximum Gasteiger partial charge on any atom is 0.251 e. The number of carbonyl (C=O) groups excluding carboxylic acids is 1. The van der Waals surface area contributed by atoms with Crippen LogP contribution in [0.25, 0.3) is 11.0 Å². The van der Waals surface area contributed by atoms with Crippen molar-refractivity contribution in [2.24, 2.45) is 0 Å². The van der Waals surface area contributed by atoms with Crippen molar-refractivity contribution in [1.29, 1.82) is 0 Å². The number of aromatic nitrogens is 2. The summed E-state index contributed by atoms with van der Waals surface area (Å²) in [5.74, 6) is 0.811. The van der Waals surface area contributed by atoms with Crippen LogP contribution in [-0.2, 0) is 5.75 Å². The van der Waals surface area contributed by atoms with E-state index in [0.29, 0.717) is 5.56 Å². The van der Waals surface area contributed by atoms with Crippen LogP contribution in [0, 0.1) is 0 Å². The van der Waals surface area contributed by atoms with Crippen molar-refractivity contribution in [3.05, 3.63) is 59.7 Å². The van der Waals surface area contributed by atoms with Crippen LogP contribution in [0.2, 0.25) is 0 Å². The number of carbonyl (C=O) groups is 1. The highest BCUT2D eigenvalue weighted by Gasteiger charge is 2.09. The van der Waals surface area contributed by atoms with Gasteiger partial charge in [0.2, 0.25) is 0 Å². The molecule has 1 atom stereocenters. The van der Waals surface area contributed by atoms with Gasteiger partial charge < -0.3 is 10.3 Å². The molecule has 2 N–H and O–H groups in total. The quantitative estimate of drug-likeness (QED) is 0.601. The molecule has 25 heavy (non-hydrogen) atoms. The largest absolute Gasteiger partial charge is 0.350 e. The molecule has 0 spiro atoms. The minimum atomic E-state index is -0.00237. The number of H-pyrrole nitrogens is 1. The summed E-state index contributed by atoms with van der Waals surface area (Å²) < 4.78 is 0. The van der Waals surface area contributed by atoms with E-state index in [-0.39, 0.29) is 11.9 Å². The van der Waals surface area contributed by atoms with Crippen molar-refractivity contribution in [2.45, 2.75) is 43.6 Å². The molecule has 4 nitrogen and oxygen atoms in total. The van der Waals surface area contributed by atoms with Crippen LogP contribution in [0.15, 0.2) is 53.7 Å². The molecule has 1 heterocycles. The first kappa shape index (κ1) is 17.5. The van der Waals surface area contributed by atoms with Crippen molar-refractivity contribution in [1.82, 2.24) is 15.3 Å². The fourth-order valence-electron chi connectivity index (χ4n) is 2.71. The molecule has 0 aliphatic rings. The van der Waals surface area contributed by atoms with Gasteiger partial charge in [0.15, 0.2) is 5.16 Å². The Labute approximate surface area is 152 Å². The molecule has 1 amide bonds. The summed E-state index contributed by atoms with van der Waals surface area (Å²) in [6.07, 6.45) is 2.07. The van der Waals surface area contributed by atoms with Gasteiger partial charge in [0, 0.05) is 17.4 Å². The Hall–Kier alpha value is -2.27. The second-order valence-electron chi connectivity index (χ2n) is 6.21. The predicted molar refractivity (Wildman–Crippen MR) is 104 cm³/mol. The Morgan fingerprint density at radius 3 is 2.68 bits per heavy atom. The van der Waals surface area contributed by atoms with Crippen LogP contribution >= 0.6 is 11.8 Å². The van der Waals surface area contributed by atoms with Gasteiger partial charge in [-0.25, -0.2) is 4.98 Å². The molecule has 0 saturated carbocycles. The van der Waals surface area contributed by atoms with Crippen LogP contribution in [0.3, 0.4) is 0 Å². The van der Waals surface area contributed by atoms with Crippen molar-refractivity contribution >= 4 is 28.7 Å². The van der Waals surface area contributed by atoms with Crippen LogP contribution in [0.4, 0.5) is 0 Å². The number of hydrogen-bond acceptors (Lipinski definition) is 3. The normalized spacial score (nSPS) is 12.2. The number of thioether (sulfide) groups is 1. The Balaban J connectivity index is 1.57. The van der Waals surface area contributed by atoms with Crippen molar-refractivity contribution < 1.29 is 4.79 Å². The zero-order valence-electron chi connectivity index (χ0n) is 14.6. The third-order valence-corrected chi connectivity index (χ3v) is 5.00. The maximum atomic E-state index is 12.2. The minimum Gasteiger partial charge on any atom is -0.350 e. The van der Waals surface area contributed by atoms with Gasteiger partial charge in [0.05, 0.1) is 11.0 Å². The van der Waals surface area contributed by atoms with Crippen molar-refractivity contribution in [3.63, 3.8) is 0 Å². The number of hydrogen-bond donors (Lipinski definition) is 2. The van der Waals surface area contributed by atoms with Crippen molar-refractivity contribution in [3.8, 4) is 0 Å². The Bertz CT molecular complexity index is 809. The lowest BCUT2D eigenvalue weighted by Crippen LogP contribution is -2.32. The lowest BCUT2D eigenvalue weighted by molar-refractivity contribution is 0.0938. The molecule has 0 fully saturated rings. The Morgan fingerprint density at radius 2 is 1.96 bits per heavy atom. The number of amides is 1. The van der Waals surface area contributed by atoms with E-state index in [1.807, 2.05) is 55.5 Å². The third kappa shape index (κ3) is 4.63. The van der Waals surface area contributed by atoms with Crippen LogP contribution in [0.5, 0.6) is 0 Å². The summed E-state index contributed by atoms with van der Waals surface area (Å²) in [7, 11) is 0. The fourth-order valence-corrected chi connectivity index (χ4v) is 3.55. The third-order valence-electron chi connectivity index (χ3n) is 4.06. The highest BCUT2D eigenvalue weighted by atomic mass is 32.2. The lowest BCUT2D eigenvalue weighted by Gasteiger charge is -2.12. The number of nitrogens with one attached hydrogen (secondary N) is 2. The number of fused-ring (bicyclic) bond motifs is 1. The first-order valence-electron chi connectivity index (χ1n) is 8.63. The van der Waals surface area contributed by atoms with Crippen LogP contribution in [0.1, 0.15) is 42.6 Å². The van der Waals surface area contributed by atoms with E-state index in [1.54, 1.807) is 11.8 Å². The highest BCUT2D eigenvalue weighted by molar-refractivity contribution is 7.98. The van der Waals surface area contributed by atoms with E-state index in [2.05, 4.69) is 22.2 Å². The average molecular weight is 353 g/mol. The van der Waals surface area contributed by atoms with Gasteiger partial charge in [0.25, 0.3) is 5.91 Å². The van der Waals surface area contributed by atoms with Gasteiger partial charge in [-0.05, 0) is 43.2 Å². The number of aromatic amines is 1. The molecule has 1 unspecified atom stereocenters. The van der Waals surface area contributed by atoms with E-state index < -0.39 is 0 Å². The number of benzene rings is 2. The second-order valence-corrected chi connectivity index (χ2v) is 7.17. The molecule has 3 aromatic rings. The molecule has 0 aliphatic heterocycles. The summed E-state index contributed by atoms with van der Waals surface area (Å²) in [5, 5.41) is 3.94. The second kappa shape index (κ2) is 8.21. The molecule has 0 aliphatic carbocycles. The smallest absolute Gasteiger partial charge is 0.251 e. The summed E-state index contributed by atoms with van der Waals surface area (Å²) in [6, 6.07) is 16.0. The van der Waals surface area contributed by atoms with Crippen LogP contribution < -0.4 is 5.32 Å². The van der Waals surface area contributed by atoms with E-state index in [0.717, 1.165) is 34.8 Å². The molecule has 130 valence electrons. The van der Waals surface area contributed by atoms with Gasteiger partial charge in [-0.2, -0.15) is 0 Å². The average Bonchev–Trinajstić information content (AvgIpc) is 3.03. The van der Waals surface area contributed by atoms with E-state index in [1.165, 1.54) is 5.56 Å². The van der Waals surface area contributed by atoms with Gasteiger partial charge >= 0.3 is 0 Å². The molecule has 5 heteroatoms. The summed E-state index contributed by atoms with van der Waals surface area (Å²) >= 11 is 1.66. The monoisotopic (exact) mass is 353 g/mol. The molecule has 1 aromatic heterocycles. The molecule has 0 saturated heterocycles. The fraction of sp³-hybridized carbons (Fsp3) is 0.300. The van der Waals surface area contributed by atoms with Gasteiger partial charge in [-0.15, -0.1) is 0 Å². The number of para-hydroxylation sites is 2. The number of rotatable bonds is 7. The SMILES string of the molecule is CCCC(C)NC(=O)c1ccc(CSc2nc3ccccc3[nH]2)cc1. The molecule has 2 aromatic carbocycles. The van der Waals surface area contributed by atoms with Crippen LogP contribution in [-0.4, -0.2) is 21.9 Å². The maximum absolute atomic E-state index is 12.2. The predicted octanol–water partition coefficient (Wildman–Crippen LogP) is 4.77. The molecule has 3 rings (SSSR count). The van der Waals surface area contributed by atoms with E-state index in [9.17, 15) is 4.79 Å². The summed E-state index contributed by atoms with van der Waals surface area (Å²) in [6.45, 7) is 4.16. The van der Waals surface area contributed by atoms with E-state index in [4.69, 9.17) is 0 Å². The molecule has 0 bridgehead atoms. The zero-order valence-corrected chi connectivity index (χ0v) is 15.4. The topological polar surface area (TPSA) is 57.8 Å². The van der Waals surface area contributed by atoms with Gasteiger partial charge in [0.1, 0.15) is 0 Å².